The second-order valence-electron chi connectivity index (χ2n) is 1.81. The van der Waals surface area contributed by atoms with Crippen LogP contribution in [0.2, 0.25) is 18.1 Å². The second-order valence-corrected chi connectivity index (χ2v) is 5.43. The molecule has 0 aliphatic rings. The van der Waals surface area contributed by atoms with Gasteiger partial charge in [0.1, 0.15) is 0 Å². The van der Waals surface area contributed by atoms with Crippen molar-refractivity contribution in [3.8, 4) is 0 Å². The molecule has 0 saturated carbocycles. The quantitative estimate of drug-likeness (QED) is 0.687. The third-order valence-corrected chi connectivity index (χ3v) is 4.50. The molecule has 8 heavy (non-hydrogen) atoms. The monoisotopic (exact) mass is 327 g/mol. The van der Waals surface area contributed by atoms with E-state index in [1.165, 1.54) is 18.1 Å². The first-order valence-corrected chi connectivity index (χ1v) is 5.30. The molecule has 2 heteroatoms. The summed E-state index contributed by atoms with van der Waals surface area (Å²) in [6.07, 6.45) is 0. The van der Waals surface area contributed by atoms with Gasteiger partial charge in [0.15, 0.2) is 0 Å². The van der Waals surface area contributed by atoms with Crippen molar-refractivity contribution in [3.05, 3.63) is 0 Å². The minimum atomic E-state index is 0. The van der Waals surface area contributed by atoms with Crippen LogP contribution in [0.3, 0.4) is 0 Å². The average molecular weight is 327 g/mol. The third-order valence-electron chi connectivity index (χ3n) is 1.50. The van der Waals surface area contributed by atoms with Crippen molar-refractivity contribution in [1.82, 2.24) is 0 Å². The van der Waals surface area contributed by atoms with Crippen LogP contribution in [0.15, 0.2) is 0 Å². The van der Waals surface area contributed by atoms with Gasteiger partial charge in [-0.15, -0.1) is 0 Å². The van der Waals surface area contributed by atoms with Crippen molar-refractivity contribution in [2.24, 2.45) is 0 Å². The van der Waals surface area contributed by atoms with Crippen LogP contribution >= 0.6 is 0 Å². The van der Waals surface area contributed by atoms with Gasteiger partial charge in [0, 0.05) is 8.80 Å². The standard InChI is InChI=1S/C6H15Si.Bi.3H/c1-4-7(5-2)6-3;;;;/h4-6H2,1-3H3;;;;. The van der Waals surface area contributed by atoms with Gasteiger partial charge in [-0.1, -0.05) is 38.9 Å². The molecule has 0 saturated heterocycles. The molecule has 51 valence electrons. The Morgan fingerprint density at radius 3 is 1.12 bits per heavy atom. The van der Waals surface area contributed by atoms with E-state index in [-0.39, 0.29) is 35.0 Å². The van der Waals surface area contributed by atoms with Gasteiger partial charge in [0.25, 0.3) is 0 Å². The Bertz CT molecular complexity index is 30.0. The van der Waals surface area contributed by atoms with Gasteiger partial charge in [-0.3, -0.25) is 0 Å². The zero-order valence-electron chi connectivity index (χ0n) is 6.33. The van der Waals surface area contributed by atoms with Gasteiger partial charge >= 0.3 is 26.2 Å². The molecule has 0 bridgehead atoms. The average Bonchev–Trinajstić information content (AvgIpc) is 1.72. The van der Waals surface area contributed by atoms with Crippen LogP contribution < -0.4 is 0 Å². The maximum absolute atomic E-state index is 2.31. The van der Waals surface area contributed by atoms with Crippen LogP contribution in [0.25, 0.3) is 0 Å². The molecule has 1 radical (unpaired) electrons. The van der Waals surface area contributed by atoms with Gasteiger partial charge in [-0.25, -0.2) is 0 Å². The third kappa shape index (κ3) is 5.24. The molecular formula is C6H18BiSi. The Balaban J connectivity index is 0. The van der Waals surface area contributed by atoms with E-state index in [2.05, 4.69) is 20.8 Å². The molecular weight excluding hydrogens is 309 g/mol. The molecule has 0 unspecified atom stereocenters. The molecule has 0 aromatic rings. The summed E-state index contributed by atoms with van der Waals surface area (Å²) in [5, 5.41) is 0. The zero-order valence-corrected chi connectivity index (χ0v) is 12.8. The van der Waals surface area contributed by atoms with Crippen LogP contribution in [-0.2, 0) is 0 Å². The van der Waals surface area contributed by atoms with Gasteiger partial charge < -0.3 is 0 Å². The molecule has 0 amide bonds. The molecule has 0 rings (SSSR count). The van der Waals surface area contributed by atoms with Crippen LogP contribution in [-0.4, -0.2) is 35.0 Å². The molecule has 0 spiro atoms. The number of rotatable bonds is 3. The first kappa shape index (κ1) is 11.8. The predicted octanol–water partition coefficient (Wildman–Crippen LogP) is 1.36. The fourth-order valence-corrected chi connectivity index (χ4v) is 2.25. The second kappa shape index (κ2) is 8.10. The number of hydrogen-bond acceptors (Lipinski definition) is 0. The molecule has 0 atom stereocenters. The van der Waals surface area contributed by atoms with E-state index in [0.717, 1.165) is 0 Å². The molecule has 0 aliphatic carbocycles. The summed E-state index contributed by atoms with van der Waals surface area (Å²) < 4.78 is 0. The van der Waals surface area contributed by atoms with E-state index in [4.69, 9.17) is 0 Å². The van der Waals surface area contributed by atoms with Crippen LogP contribution in [0.5, 0.6) is 0 Å². The van der Waals surface area contributed by atoms with Crippen LogP contribution in [0, 0.1) is 0 Å². The zero-order chi connectivity index (χ0) is 5.70. The van der Waals surface area contributed by atoms with Crippen molar-refractivity contribution in [2.75, 3.05) is 0 Å². The molecule has 0 nitrogen and oxygen atoms in total. The predicted molar refractivity (Wildman–Crippen MR) is 47.1 cm³/mol. The van der Waals surface area contributed by atoms with E-state index in [0.29, 0.717) is 0 Å². The summed E-state index contributed by atoms with van der Waals surface area (Å²) in [4.78, 5) is 0. The molecule has 0 aliphatic heterocycles. The summed E-state index contributed by atoms with van der Waals surface area (Å²) in [5.41, 5.74) is 0. The molecule has 0 N–H and O–H groups in total. The van der Waals surface area contributed by atoms with Crippen molar-refractivity contribution in [3.63, 3.8) is 0 Å². The Labute approximate surface area is 73.8 Å². The Kier molecular flexibility index (Phi) is 12.0. The Hall–Kier alpha value is 1.10. The summed E-state index contributed by atoms with van der Waals surface area (Å²) >= 11 is 0. The van der Waals surface area contributed by atoms with E-state index < -0.39 is 0 Å². The van der Waals surface area contributed by atoms with E-state index in [9.17, 15) is 0 Å². The Morgan fingerprint density at radius 1 is 0.875 bits per heavy atom. The molecule has 0 aromatic carbocycles. The SMILES string of the molecule is CC[Si](CC)CC.[BiH3]. The summed E-state index contributed by atoms with van der Waals surface area (Å²) in [6.45, 7) is 6.92. The maximum atomic E-state index is 2.31. The fourth-order valence-electron chi connectivity index (χ4n) is 0.750. The molecule has 0 heterocycles. The summed E-state index contributed by atoms with van der Waals surface area (Å²) in [5.74, 6) is 0. The Morgan fingerprint density at radius 2 is 1.12 bits per heavy atom. The molecule has 0 fully saturated rings. The summed E-state index contributed by atoms with van der Waals surface area (Å²) in [6, 6.07) is 4.37. The van der Waals surface area contributed by atoms with Crippen LogP contribution in [0.1, 0.15) is 20.8 Å². The molecule has 0 aromatic heterocycles. The minimum absolute atomic E-state index is 0. The summed E-state index contributed by atoms with van der Waals surface area (Å²) in [7, 11) is 0.137. The van der Waals surface area contributed by atoms with Crippen LogP contribution in [0.4, 0.5) is 0 Å². The van der Waals surface area contributed by atoms with Crippen molar-refractivity contribution >= 4 is 35.0 Å². The topological polar surface area (TPSA) is 0 Å². The first-order chi connectivity index (χ1) is 3.35. The fraction of sp³-hybridized carbons (Fsp3) is 1.00. The normalized spacial score (nSPS) is 9.00. The van der Waals surface area contributed by atoms with Gasteiger partial charge in [0.2, 0.25) is 0 Å². The van der Waals surface area contributed by atoms with Crippen molar-refractivity contribution in [1.29, 1.82) is 0 Å². The van der Waals surface area contributed by atoms with Gasteiger partial charge in [0.05, 0.1) is 0 Å². The van der Waals surface area contributed by atoms with E-state index in [1.807, 2.05) is 0 Å². The van der Waals surface area contributed by atoms with Gasteiger partial charge in [-0.2, -0.15) is 0 Å². The van der Waals surface area contributed by atoms with Crippen molar-refractivity contribution < 1.29 is 0 Å². The van der Waals surface area contributed by atoms with Gasteiger partial charge in [-0.05, 0) is 0 Å². The van der Waals surface area contributed by atoms with E-state index >= 15 is 0 Å². The van der Waals surface area contributed by atoms with E-state index in [1.54, 1.807) is 0 Å². The first-order valence-electron chi connectivity index (χ1n) is 3.18. The van der Waals surface area contributed by atoms with Crippen molar-refractivity contribution in [2.45, 2.75) is 38.9 Å². The number of hydrogen-bond donors (Lipinski definition) is 0.